The minimum Gasteiger partial charge on any atom is -0.352 e. The van der Waals surface area contributed by atoms with E-state index in [0.717, 1.165) is 38.0 Å². The molecule has 2 aromatic carbocycles. The fourth-order valence-electron chi connectivity index (χ4n) is 3.37. The predicted octanol–water partition coefficient (Wildman–Crippen LogP) is 3.64. The van der Waals surface area contributed by atoms with Crippen molar-refractivity contribution in [1.29, 1.82) is 0 Å². The van der Waals surface area contributed by atoms with Crippen molar-refractivity contribution in [2.24, 2.45) is 5.92 Å². The Hall–Kier alpha value is -2.99. The SMILES string of the molecule is O=C(/C=C/c1ccc([N+](=O)[O-])cc1)NCC1CCN(Cc2ccccc2)CC1. The normalized spacial score (nSPS) is 15.6. The molecule has 1 aliphatic heterocycles. The lowest BCUT2D eigenvalue weighted by molar-refractivity contribution is -0.384. The van der Waals surface area contributed by atoms with E-state index in [4.69, 9.17) is 0 Å². The molecule has 0 bridgehead atoms. The second kappa shape index (κ2) is 9.80. The van der Waals surface area contributed by atoms with E-state index in [-0.39, 0.29) is 11.6 Å². The number of carbonyl (C=O) groups is 1. The van der Waals surface area contributed by atoms with Crippen LogP contribution in [0.15, 0.2) is 60.7 Å². The number of nitro benzene ring substituents is 1. The summed E-state index contributed by atoms with van der Waals surface area (Å²) in [7, 11) is 0. The van der Waals surface area contributed by atoms with Crippen molar-refractivity contribution in [3.8, 4) is 0 Å². The number of benzene rings is 2. The zero-order chi connectivity index (χ0) is 19.8. The van der Waals surface area contributed by atoms with E-state index in [1.165, 1.54) is 23.8 Å². The van der Waals surface area contributed by atoms with Gasteiger partial charge in [0.05, 0.1) is 4.92 Å². The van der Waals surface area contributed by atoms with Crippen molar-refractivity contribution in [2.45, 2.75) is 19.4 Å². The number of carbonyl (C=O) groups excluding carboxylic acids is 1. The lowest BCUT2D eigenvalue weighted by Crippen LogP contribution is -2.38. The molecule has 3 rings (SSSR count). The van der Waals surface area contributed by atoms with Crippen LogP contribution in [0, 0.1) is 16.0 Å². The second-order valence-corrected chi connectivity index (χ2v) is 7.13. The molecule has 28 heavy (non-hydrogen) atoms. The Kier molecular flexibility index (Phi) is 6.92. The molecule has 2 aromatic rings. The number of nitro groups is 1. The Morgan fingerprint density at radius 2 is 1.79 bits per heavy atom. The summed E-state index contributed by atoms with van der Waals surface area (Å²) in [4.78, 5) is 24.7. The Morgan fingerprint density at radius 1 is 1.11 bits per heavy atom. The van der Waals surface area contributed by atoms with Crippen LogP contribution in [-0.2, 0) is 11.3 Å². The van der Waals surface area contributed by atoms with Crippen molar-refractivity contribution in [3.05, 3.63) is 81.9 Å². The summed E-state index contributed by atoms with van der Waals surface area (Å²) in [6.07, 6.45) is 5.31. The summed E-state index contributed by atoms with van der Waals surface area (Å²) in [5.41, 5.74) is 2.14. The van der Waals surface area contributed by atoms with Gasteiger partial charge in [-0.15, -0.1) is 0 Å². The summed E-state index contributed by atoms with van der Waals surface area (Å²) in [6, 6.07) is 16.6. The average Bonchev–Trinajstić information content (AvgIpc) is 2.73. The van der Waals surface area contributed by atoms with Gasteiger partial charge >= 0.3 is 0 Å². The van der Waals surface area contributed by atoms with Gasteiger partial charge in [0, 0.05) is 31.3 Å². The molecule has 1 saturated heterocycles. The lowest BCUT2D eigenvalue weighted by Gasteiger charge is -2.32. The molecule has 1 amide bonds. The summed E-state index contributed by atoms with van der Waals surface area (Å²) in [5, 5.41) is 13.6. The lowest BCUT2D eigenvalue weighted by atomic mass is 9.96. The Morgan fingerprint density at radius 3 is 2.43 bits per heavy atom. The molecule has 0 radical (unpaired) electrons. The number of non-ortho nitro benzene ring substituents is 1. The molecule has 1 aliphatic rings. The van der Waals surface area contributed by atoms with Crippen LogP contribution in [0.2, 0.25) is 0 Å². The Labute approximate surface area is 165 Å². The Balaban J connectivity index is 1.37. The second-order valence-electron chi connectivity index (χ2n) is 7.13. The highest BCUT2D eigenvalue weighted by Gasteiger charge is 2.19. The van der Waals surface area contributed by atoms with Gasteiger partial charge in [-0.25, -0.2) is 0 Å². The van der Waals surface area contributed by atoms with Crippen molar-refractivity contribution < 1.29 is 9.72 Å². The van der Waals surface area contributed by atoms with Gasteiger partial charge in [0.25, 0.3) is 5.69 Å². The van der Waals surface area contributed by atoms with E-state index in [0.29, 0.717) is 12.5 Å². The fraction of sp³-hybridized carbons (Fsp3) is 0.318. The van der Waals surface area contributed by atoms with E-state index in [9.17, 15) is 14.9 Å². The fourth-order valence-corrected chi connectivity index (χ4v) is 3.37. The predicted molar refractivity (Wildman–Crippen MR) is 110 cm³/mol. The molecule has 0 aliphatic carbocycles. The summed E-state index contributed by atoms with van der Waals surface area (Å²) < 4.78 is 0. The number of amides is 1. The molecule has 0 atom stereocenters. The minimum absolute atomic E-state index is 0.0419. The summed E-state index contributed by atoms with van der Waals surface area (Å²) in [5.74, 6) is 0.369. The highest BCUT2D eigenvalue weighted by atomic mass is 16.6. The Bertz CT molecular complexity index is 811. The number of nitrogens with one attached hydrogen (secondary N) is 1. The smallest absolute Gasteiger partial charge is 0.269 e. The zero-order valence-electron chi connectivity index (χ0n) is 15.8. The van der Waals surface area contributed by atoms with Gasteiger partial charge in [-0.1, -0.05) is 30.3 Å². The third-order valence-corrected chi connectivity index (χ3v) is 5.05. The molecule has 1 heterocycles. The van der Waals surface area contributed by atoms with Crippen molar-refractivity contribution in [2.75, 3.05) is 19.6 Å². The van der Waals surface area contributed by atoms with Crippen molar-refractivity contribution >= 4 is 17.7 Å². The van der Waals surface area contributed by atoms with Crippen molar-refractivity contribution in [1.82, 2.24) is 10.2 Å². The van der Waals surface area contributed by atoms with E-state index in [1.807, 2.05) is 6.07 Å². The number of hydrogen-bond donors (Lipinski definition) is 1. The maximum atomic E-state index is 12.0. The van der Waals surface area contributed by atoms with Crippen LogP contribution in [0.1, 0.15) is 24.0 Å². The van der Waals surface area contributed by atoms with Crippen molar-refractivity contribution in [3.63, 3.8) is 0 Å². The van der Waals surface area contributed by atoms with Crippen LogP contribution in [0.4, 0.5) is 5.69 Å². The molecule has 0 unspecified atom stereocenters. The molecule has 1 fully saturated rings. The van der Waals surface area contributed by atoms with Gasteiger partial charge in [-0.2, -0.15) is 0 Å². The van der Waals surface area contributed by atoms with Gasteiger partial charge in [0.2, 0.25) is 5.91 Å². The van der Waals surface area contributed by atoms with E-state index < -0.39 is 4.92 Å². The van der Waals surface area contributed by atoms with E-state index >= 15 is 0 Å². The van der Waals surface area contributed by atoms with E-state index in [1.54, 1.807) is 18.2 Å². The van der Waals surface area contributed by atoms with Crippen LogP contribution in [-0.4, -0.2) is 35.4 Å². The van der Waals surface area contributed by atoms with E-state index in [2.05, 4.69) is 34.5 Å². The molecule has 6 nitrogen and oxygen atoms in total. The molecular weight excluding hydrogens is 354 g/mol. The molecule has 1 N–H and O–H groups in total. The maximum Gasteiger partial charge on any atom is 0.269 e. The van der Waals surface area contributed by atoms with Crippen LogP contribution < -0.4 is 5.32 Å². The highest BCUT2D eigenvalue weighted by Crippen LogP contribution is 2.18. The monoisotopic (exact) mass is 379 g/mol. The molecule has 6 heteroatoms. The topological polar surface area (TPSA) is 75.5 Å². The summed E-state index contributed by atoms with van der Waals surface area (Å²) >= 11 is 0. The maximum absolute atomic E-state index is 12.0. The third kappa shape index (κ3) is 6.03. The average molecular weight is 379 g/mol. The number of hydrogen-bond acceptors (Lipinski definition) is 4. The van der Waals surface area contributed by atoms with Gasteiger partial charge in [-0.05, 0) is 61.2 Å². The van der Waals surface area contributed by atoms with Gasteiger partial charge in [0.15, 0.2) is 0 Å². The van der Waals surface area contributed by atoms with Gasteiger partial charge < -0.3 is 5.32 Å². The van der Waals surface area contributed by atoms with Crippen LogP contribution in [0.25, 0.3) is 6.08 Å². The molecule has 0 aromatic heterocycles. The number of likely N-dealkylation sites (tertiary alicyclic amines) is 1. The molecular formula is C22H25N3O3. The quantitative estimate of drug-likeness (QED) is 0.453. The van der Waals surface area contributed by atoms with Gasteiger partial charge in [0.1, 0.15) is 0 Å². The zero-order valence-corrected chi connectivity index (χ0v) is 15.8. The van der Waals surface area contributed by atoms with Crippen LogP contribution >= 0.6 is 0 Å². The standard InChI is InChI=1S/C22H25N3O3/c26-22(11-8-18-6-9-21(10-7-18)25(27)28)23-16-19-12-14-24(15-13-19)17-20-4-2-1-3-5-20/h1-11,19H,12-17H2,(H,23,26)/b11-8+. The number of nitrogens with zero attached hydrogens (tertiary/aromatic N) is 2. The first-order valence-corrected chi connectivity index (χ1v) is 9.57. The van der Waals surface area contributed by atoms with Crippen LogP contribution in [0.5, 0.6) is 0 Å². The first-order valence-electron chi connectivity index (χ1n) is 9.57. The first-order chi connectivity index (χ1) is 13.6. The van der Waals surface area contributed by atoms with Gasteiger partial charge in [-0.3, -0.25) is 19.8 Å². The minimum atomic E-state index is -0.439. The largest absolute Gasteiger partial charge is 0.352 e. The highest BCUT2D eigenvalue weighted by molar-refractivity contribution is 5.91. The first kappa shape index (κ1) is 19.8. The third-order valence-electron chi connectivity index (χ3n) is 5.05. The van der Waals surface area contributed by atoms with Crippen LogP contribution in [0.3, 0.4) is 0 Å². The summed E-state index contributed by atoms with van der Waals surface area (Å²) in [6.45, 7) is 3.77. The number of piperidine rings is 1. The molecule has 0 saturated carbocycles. The molecule has 0 spiro atoms. The number of rotatable bonds is 7. The molecule has 146 valence electrons.